The summed E-state index contributed by atoms with van der Waals surface area (Å²) in [7, 11) is 0. The van der Waals surface area contributed by atoms with Crippen LogP contribution in [-0.2, 0) is 21.4 Å². The first-order chi connectivity index (χ1) is 15.5. The van der Waals surface area contributed by atoms with Gasteiger partial charge < -0.3 is 9.47 Å². The third-order valence-electron chi connectivity index (χ3n) is 6.64. The molecule has 2 aromatic rings. The summed E-state index contributed by atoms with van der Waals surface area (Å²) in [4.78, 5) is 15.9. The van der Waals surface area contributed by atoms with Crippen LogP contribution in [0.2, 0.25) is 0 Å². The number of hydrogen-bond acceptors (Lipinski definition) is 4. The Morgan fingerprint density at radius 3 is 2.66 bits per heavy atom. The highest BCUT2D eigenvalue weighted by atomic mass is 16.5. The fraction of sp³-hybridized carbons (Fsp3) is 0.500. The van der Waals surface area contributed by atoms with Crippen molar-refractivity contribution in [1.82, 2.24) is 4.98 Å². The van der Waals surface area contributed by atoms with Crippen LogP contribution in [0.4, 0.5) is 0 Å². The predicted molar refractivity (Wildman–Crippen MR) is 128 cm³/mol. The van der Waals surface area contributed by atoms with Crippen molar-refractivity contribution in [2.24, 2.45) is 0 Å². The van der Waals surface area contributed by atoms with Crippen LogP contribution in [0.5, 0.6) is 5.75 Å². The van der Waals surface area contributed by atoms with Crippen molar-refractivity contribution in [2.75, 3.05) is 13.2 Å². The van der Waals surface area contributed by atoms with Gasteiger partial charge in [0.1, 0.15) is 11.4 Å². The van der Waals surface area contributed by atoms with Crippen molar-refractivity contribution in [3.05, 3.63) is 58.4 Å². The highest BCUT2D eigenvalue weighted by Crippen LogP contribution is 2.44. The molecule has 0 saturated heterocycles. The van der Waals surface area contributed by atoms with Gasteiger partial charge in [-0.15, -0.1) is 0 Å². The van der Waals surface area contributed by atoms with Crippen molar-refractivity contribution in [3.8, 4) is 17.6 Å². The second-order valence-corrected chi connectivity index (χ2v) is 8.56. The molecule has 4 nitrogen and oxygen atoms in total. The number of hydrogen-bond donors (Lipinski definition) is 0. The first-order valence-electron chi connectivity index (χ1n) is 11.9. The molecule has 3 rings (SSSR count). The second kappa shape index (κ2) is 11.2. The molecule has 0 amide bonds. The van der Waals surface area contributed by atoms with Crippen molar-refractivity contribution in [1.29, 1.82) is 0 Å². The van der Waals surface area contributed by atoms with Crippen molar-refractivity contribution >= 4 is 5.97 Å². The molecule has 0 unspecified atom stereocenters. The Kier molecular flexibility index (Phi) is 8.33. The van der Waals surface area contributed by atoms with Gasteiger partial charge in [0.25, 0.3) is 0 Å². The quantitative estimate of drug-likeness (QED) is 0.295. The number of unbranched alkanes of at least 4 members (excludes halogenated alkanes) is 1. The number of fused-ring (bicyclic) bond motifs is 1. The number of carbonyl (C=O) groups is 1. The van der Waals surface area contributed by atoms with Crippen LogP contribution < -0.4 is 4.74 Å². The summed E-state index contributed by atoms with van der Waals surface area (Å²) < 4.78 is 10.9. The molecular weight excluding hydrogens is 398 g/mol. The van der Waals surface area contributed by atoms with Gasteiger partial charge in [-0.05, 0) is 87.6 Å². The molecule has 1 aromatic heterocycles. The summed E-state index contributed by atoms with van der Waals surface area (Å²) in [5, 5.41) is 0. The molecule has 32 heavy (non-hydrogen) atoms. The smallest absolute Gasteiger partial charge is 0.305 e. The van der Waals surface area contributed by atoms with Gasteiger partial charge in [-0.3, -0.25) is 4.79 Å². The zero-order valence-electron chi connectivity index (χ0n) is 19.9. The number of benzene rings is 1. The number of carbonyl (C=O) groups excluding carboxylic acids is 1. The van der Waals surface area contributed by atoms with Crippen LogP contribution in [0.25, 0.3) is 0 Å². The van der Waals surface area contributed by atoms with E-state index >= 15 is 0 Å². The summed E-state index contributed by atoms with van der Waals surface area (Å²) in [5.41, 5.74) is 5.60. The molecule has 2 heterocycles. The molecule has 0 fully saturated rings. The molecular formula is C28H35NO3. The third-order valence-corrected chi connectivity index (χ3v) is 6.64. The zero-order chi connectivity index (χ0) is 23.0. The van der Waals surface area contributed by atoms with Gasteiger partial charge in [0.05, 0.1) is 13.2 Å². The lowest BCUT2D eigenvalue weighted by molar-refractivity contribution is -0.143. The van der Waals surface area contributed by atoms with Gasteiger partial charge in [0, 0.05) is 29.2 Å². The average Bonchev–Trinajstić information content (AvgIpc) is 2.81. The first kappa shape index (κ1) is 23.9. The Hall–Kier alpha value is -2.80. The molecule has 4 heteroatoms. The lowest BCUT2D eigenvalue weighted by Gasteiger charge is -2.38. The summed E-state index contributed by atoms with van der Waals surface area (Å²) in [6.45, 7) is 9.70. The molecule has 0 N–H and O–H groups in total. The van der Waals surface area contributed by atoms with E-state index in [1.807, 2.05) is 19.2 Å². The minimum absolute atomic E-state index is 0.115. The van der Waals surface area contributed by atoms with E-state index in [1.54, 1.807) is 0 Å². The molecule has 0 saturated carbocycles. The topological polar surface area (TPSA) is 48.4 Å². The fourth-order valence-corrected chi connectivity index (χ4v) is 4.43. The number of pyridine rings is 1. The second-order valence-electron chi connectivity index (χ2n) is 8.56. The van der Waals surface area contributed by atoms with E-state index in [9.17, 15) is 4.79 Å². The van der Waals surface area contributed by atoms with Crippen LogP contribution in [-0.4, -0.2) is 24.2 Å². The Balaban J connectivity index is 1.67. The molecule has 0 atom stereocenters. The zero-order valence-corrected chi connectivity index (χ0v) is 19.9. The number of aromatic nitrogens is 1. The highest BCUT2D eigenvalue weighted by Gasteiger charge is 2.35. The Bertz CT molecular complexity index is 978. The highest BCUT2D eigenvalue weighted by molar-refractivity contribution is 5.69. The predicted octanol–water partition coefficient (Wildman–Crippen LogP) is 5.91. The van der Waals surface area contributed by atoms with Crippen molar-refractivity contribution < 1.29 is 14.3 Å². The minimum Gasteiger partial charge on any atom is -0.493 e. The number of rotatable bonds is 8. The molecule has 1 aromatic carbocycles. The molecule has 170 valence electrons. The van der Waals surface area contributed by atoms with Crippen LogP contribution in [0.15, 0.2) is 30.5 Å². The number of aryl methyl sites for hydroxylation is 2. The summed E-state index contributed by atoms with van der Waals surface area (Å²) >= 11 is 0. The van der Waals surface area contributed by atoms with E-state index in [4.69, 9.17) is 9.47 Å². The van der Waals surface area contributed by atoms with Gasteiger partial charge in [0.2, 0.25) is 0 Å². The average molecular weight is 434 g/mol. The number of esters is 1. The molecule has 1 aliphatic heterocycles. The SMILES string of the molecule is CCOC(=O)CCCCc1ccc(C#Cc2cc3c(cc2C)OCCC3(CC)CC)nc1. The Morgan fingerprint density at radius 2 is 1.97 bits per heavy atom. The van der Waals surface area contributed by atoms with E-state index < -0.39 is 0 Å². The molecule has 1 aliphatic rings. The number of nitrogens with zero attached hydrogens (tertiary/aromatic N) is 1. The minimum atomic E-state index is -0.115. The standard InChI is InChI=1S/C28H35NO3/c1-5-28(6-2)16-17-32-26-18-21(4)23(19-25(26)28)13-15-24-14-12-22(20-29-24)10-8-9-11-27(30)31-7-3/h12,14,18-20H,5-11,16-17H2,1-4H3. The largest absolute Gasteiger partial charge is 0.493 e. The summed E-state index contributed by atoms with van der Waals surface area (Å²) in [6.07, 6.45) is 8.33. The lowest BCUT2D eigenvalue weighted by atomic mass is 9.71. The normalized spacial score (nSPS) is 14.0. The van der Waals surface area contributed by atoms with E-state index in [0.717, 1.165) is 73.3 Å². The maximum absolute atomic E-state index is 11.4. The van der Waals surface area contributed by atoms with Gasteiger partial charge in [-0.1, -0.05) is 25.8 Å². The van der Waals surface area contributed by atoms with Crippen LogP contribution in [0.3, 0.4) is 0 Å². The lowest BCUT2D eigenvalue weighted by Crippen LogP contribution is -2.32. The van der Waals surface area contributed by atoms with Gasteiger partial charge in [-0.2, -0.15) is 0 Å². The van der Waals surface area contributed by atoms with Crippen molar-refractivity contribution in [2.45, 2.75) is 78.1 Å². The fourth-order valence-electron chi connectivity index (χ4n) is 4.43. The summed E-state index contributed by atoms with van der Waals surface area (Å²) in [6, 6.07) is 8.44. The van der Waals surface area contributed by atoms with E-state index in [-0.39, 0.29) is 11.4 Å². The van der Waals surface area contributed by atoms with Crippen LogP contribution in [0, 0.1) is 18.8 Å². The van der Waals surface area contributed by atoms with E-state index in [2.05, 4.69) is 55.8 Å². The van der Waals surface area contributed by atoms with Gasteiger partial charge >= 0.3 is 5.97 Å². The van der Waals surface area contributed by atoms with Gasteiger partial charge in [-0.25, -0.2) is 4.98 Å². The molecule has 0 radical (unpaired) electrons. The maximum Gasteiger partial charge on any atom is 0.305 e. The van der Waals surface area contributed by atoms with Crippen LogP contribution in [0.1, 0.15) is 87.2 Å². The van der Waals surface area contributed by atoms with E-state index in [0.29, 0.717) is 13.0 Å². The monoisotopic (exact) mass is 433 g/mol. The Morgan fingerprint density at radius 1 is 1.16 bits per heavy atom. The Labute approximate surface area is 192 Å². The number of ether oxygens (including phenoxy) is 2. The molecule has 0 spiro atoms. The van der Waals surface area contributed by atoms with Crippen molar-refractivity contribution in [3.63, 3.8) is 0 Å². The molecule has 0 aliphatic carbocycles. The van der Waals surface area contributed by atoms with Crippen LogP contribution >= 0.6 is 0 Å². The first-order valence-corrected chi connectivity index (χ1v) is 11.9. The maximum atomic E-state index is 11.4. The molecule has 0 bridgehead atoms. The summed E-state index contributed by atoms with van der Waals surface area (Å²) in [5.74, 6) is 7.48. The van der Waals surface area contributed by atoms with E-state index in [1.165, 1.54) is 5.56 Å². The van der Waals surface area contributed by atoms with Gasteiger partial charge in [0.15, 0.2) is 0 Å². The third kappa shape index (κ3) is 5.71.